The van der Waals surface area contributed by atoms with Gasteiger partial charge in [-0.3, -0.25) is 0 Å². The van der Waals surface area contributed by atoms with Crippen molar-refractivity contribution in [1.29, 1.82) is 5.26 Å². The number of hydrogen-bond acceptors (Lipinski definition) is 4. The Balaban J connectivity index is 2.07. The second-order valence-corrected chi connectivity index (χ2v) is 4.22. The summed E-state index contributed by atoms with van der Waals surface area (Å²) in [7, 11) is 0. The van der Waals surface area contributed by atoms with Crippen molar-refractivity contribution >= 4 is 11.4 Å². The van der Waals surface area contributed by atoms with Gasteiger partial charge in [0.2, 0.25) is 0 Å². The molecule has 5 heteroatoms. The van der Waals surface area contributed by atoms with Gasteiger partial charge in [0.05, 0.1) is 17.6 Å². The largest absolute Gasteiger partial charge is 0.399 e. The van der Waals surface area contributed by atoms with E-state index in [2.05, 4.69) is 23.3 Å². The fourth-order valence-electron chi connectivity index (χ4n) is 1.80. The van der Waals surface area contributed by atoms with Gasteiger partial charge in [-0.05, 0) is 25.1 Å². The molecule has 0 saturated carbocycles. The summed E-state index contributed by atoms with van der Waals surface area (Å²) in [6.45, 7) is 2.84. The first-order chi connectivity index (χ1) is 8.69. The number of hydrogen-bond donors (Lipinski definition) is 2. The first-order valence-electron chi connectivity index (χ1n) is 5.71. The second kappa shape index (κ2) is 5.23. The standard InChI is InChI=1S/C13H15N5/c1-10(8-18-5-4-16-9-18)17-13-3-2-12(15)6-11(13)7-14/h2-6,9-10,17H,8,15H2,1H3. The number of nitriles is 1. The zero-order chi connectivity index (χ0) is 13.0. The summed E-state index contributed by atoms with van der Waals surface area (Å²) in [5, 5.41) is 12.4. The molecule has 0 aliphatic heterocycles. The summed E-state index contributed by atoms with van der Waals surface area (Å²) < 4.78 is 1.99. The van der Waals surface area contributed by atoms with Gasteiger partial charge in [-0.15, -0.1) is 0 Å². The van der Waals surface area contributed by atoms with Crippen LogP contribution in [0.5, 0.6) is 0 Å². The number of benzene rings is 1. The molecule has 0 radical (unpaired) electrons. The molecule has 0 fully saturated rings. The van der Waals surface area contributed by atoms with Crippen molar-refractivity contribution in [3.63, 3.8) is 0 Å². The summed E-state index contributed by atoms with van der Waals surface area (Å²) >= 11 is 0. The molecule has 1 aromatic carbocycles. The van der Waals surface area contributed by atoms with Crippen LogP contribution in [0.4, 0.5) is 11.4 Å². The molecule has 1 heterocycles. The number of imidazole rings is 1. The molecule has 1 unspecified atom stereocenters. The fourth-order valence-corrected chi connectivity index (χ4v) is 1.80. The summed E-state index contributed by atoms with van der Waals surface area (Å²) in [5.74, 6) is 0. The first-order valence-corrected chi connectivity index (χ1v) is 5.71. The zero-order valence-corrected chi connectivity index (χ0v) is 10.2. The summed E-state index contributed by atoms with van der Waals surface area (Å²) in [5.41, 5.74) is 7.62. The second-order valence-electron chi connectivity index (χ2n) is 4.22. The Labute approximate surface area is 106 Å². The quantitative estimate of drug-likeness (QED) is 0.800. The number of nitrogens with one attached hydrogen (secondary N) is 1. The SMILES string of the molecule is CC(Cn1ccnc1)Nc1ccc(N)cc1C#N. The monoisotopic (exact) mass is 241 g/mol. The number of nitrogen functional groups attached to an aromatic ring is 1. The molecule has 1 atom stereocenters. The highest BCUT2D eigenvalue weighted by Crippen LogP contribution is 2.19. The summed E-state index contributed by atoms with van der Waals surface area (Å²) in [6, 6.07) is 7.62. The third-order valence-electron chi connectivity index (χ3n) is 2.61. The van der Waals surface area contributed by atoms with Gasteiger partial charge < -0.3 is 15.6 Å². The van der Waals surface area contributed by atoms with Crippen LogP contribution in [0.2, 0.25) is 0 Å². The van der Waals surface area contributed by atoms with Crippen molar-refractivity contribution in [2.24, 2.45) is 0 Å². The van der Waals surface area contributed by atoms with E-state index in [9.17, 15) is 0 Å². The molecule has 5 nitrogen and oxygen atoms in total. The van der Waals surface area contributed by atoms with Crippen molar-refractivity contribution in [3.05, 3.63) is 42.5 Å². The first kappa shape index (κ1) is 12.0. The van der Waals surface area contributed by atoms with E-state index < -0.39 is 0 Å². The third-order valence-corrected chi connectivity index (χ3v) is 2.61. The van der Waals surface area contributed by atoms with Gasteiger partial charge >= 0.3 is 0 Å². The Hall–Kier alpha value is -2.48. The molecule has 0 saturated heterocycles. The molecule has 0 aliphatic carbocycles. The lowest BCUT2D eigenvalue weighted by Crippen LogP contribution is -2.21. The van der Waals surface area contributed by atoms with E-state index in [1.807, 2.05) is 16.8 Å². The lowest BCUT2D eigenvalue weighted by Gasteiger charge is -2.16. The van der Waals surface area contributed by atoms with Gasteiger partial charge in [0.15, 0.2) is 0 Å². The van der Waals surface area contributed by atoms with Crippen molar-refractivity contribution in [2.75, 3.05) is 11.1 Å². The van der Waals surface area contributed by atoms with Crippen LogP contribution in [0.1, 0.15) is 12.5 Å². The smallest absolute Gasteiger partial charge is 0.101 e. The van der Waals surface area contributed by atoms with E-state index in [1.54, 1.807) is 24.7 Å². The van der Waals surface area contributed by atoms with Crippen LogP contribution in [0, 0.1) is 11.3 Å². The minimum atomic E-state index is 0.190. The van der Waals surface area contributed by atoms with Gasteiger partial charge in [0, 0.05) is 30.7 Å². The highest BCUT2D eigenvalue weighted by atomic mass is 15.1. The molecule has 92 valence electrons. The lowest BCUT2D eigenvalue weighted by molar-refractivity contribution is 0.619. The highest BCUT2D eigenvalue weighted by molar-refractivity contribution is 5.63. The summed E-state index contributed by atoms with van der Waals surface area (Å²) in [6.07, 6.45) is 5.43. The van der Waals surface area contributed by atoms with Crippen LogP contribution in [0.15, 0.2) is 36.9 Å². The molecular weight excluding hydrogens is 226 g/mol. The molecule has 2 rings (SSSR count). The topological polar surface area (TPSA) is 79.7 Å². The highest BCUT2D eigenvalue weighted by Gasteiger charge is 2.07. The van der Waals surface area contributed by atoms with Crippen molar-refractivity contribution < 1.29 is 0 Å². The Morgan fingerprint density at radius 2 is 2.39 bits per heavy atom. The van der Waals surface area contributed by atoms with E-state index in [1.165, 1.54) is 0 Å². The number of rotatable bonds is 4. The normalized spacial score (nSPS) is 11.8. The molecule has 2 aromatic rings. The Kier molecular flexibility index (Phi) is 3.49. The van der Waals surface area contributed by atoms with Crippen molar-refractivity contribution in [1.82, 2.24) is 9.55 Å². The molecular formula is C13H15N5. The maximum atomic E-state index is 9.05. The van der Waals surface area contributed by atoms with Gasteiger partial charge in [-0.1, -0.05) is 0 Å². The lowest BCUT2D eigenvalue weighted by atomic mass is 10.1. The average Bonchev–Trinajstić information content (AvgIpc) is 2.84. The van der Waals surface area contributed by atoms with E-state index >= 15 is 0 Å². The third kappa shape index (κ3) is 2.80. The van der Waals surface area contributed by atoms with E-state index in [4.69, 9.17) is 11.0 Å². The van der Waals surface area contributed by atoms with Crippen LogP contribution >= 0.6 is 0 Å². The maximum absolute atomic E-state index is 9.05. The number of anilines is 2. The van der Waals surface area contributed by atoms with Crippen LogP contribution in [0.3, 0.4) is 0 Å². The van der Waals surface area contributed by atoms with E-state index in [-0.39, 0.29) is 6.04 Å². The van der Waals surface area contributed by atoms with Crippen molar-refractivity contribution in [2.45, 2.75) is 19.5 Å². The van der Waals surface area contributed by atoms with Crippen LogP contribution in [0.25, 0.3) is 0 Å². The Bertz CT molecular complexity index is 553. The molecule has 0 bridgehead atoms. The predicted octanol–water partition coefficient (Wildman–Crippen LogP) is 1.84. The summed E-state index contributed by atoms with van der Waals surface area (Å²) in [4.78, 5) is 3.99. The number of nitrogens with zero attached hydrogens (tertiary/aromatic N) is 3. The predicted molar refractivity (Wildman–Crippen MR) is 70.9 cm³/mol. The fraction of sp³-hybridized carbons (Fsp3) is 0.231. The van der Waals surface area contributed by atoms with Gasteiger partial charge in [-0.25, -0.2) is 4.98 Å². The molecule has 0 amide bonds. The number of nitrogens with two attached hydrogens (primary N) is 1. The molecule has 1 aromatic heterocycles. The van der Waals surface area contributed by atoms with Crippen LogP contribution in [-0.2, 0) is 6.54 Å². The Morgan fingerprint density at radius 3 is 3.06 bits per heavy atom. The van der Waals surface area contributed by atoms with Crippen molar-refractivity contribution in [3.8, 4) is 6.07 Å². The maximum Gasteiger partial charge on any atom is 0.101 e. The molecule has 0 aliphatic rings. The minimum absolute atomic E-state index is 0.190. The van der Waals surface area contributed by atoms with Crippen LogP contribution < -0.4 is 11.1 Å². The molecule has 0 spiro atoms. The van der Waals surface area contributed by atoms with Crippen LogP contribution in [-0.4, -0.2) is 15.6 Å². The van der Waals surface area contributed by atoms with Gasteiger partial charge in [-0.2, -0.15) is 5.26 Å². The van der Waals surface area contributed by atoms with E-state index in [0.717, 1.165) is 12.2 Å². The Morgan fingerprint density at radius 1 is 1.56 bits per heavy atom. The molecule has 3 N–H and O–H groups in total. The minimum Gasteiger partial charge on any atom is -0.399 e. The number of aromatic nitrogens is 2. The average molecular weight is 241 g/mol. The van der Waals surface area contributed by atoms with Gasteiger partial charge in [0.1, 0.15) is 6.07 Å². The molecule has 18 heavy (non-hydrogen) atoms. The zero-order valence-electron chi connectivity index (χ0n) is 10.2. The van der Waals surface area contributed by atoms with Gasteiger partial charge in [0.25, 0.3) is 0 Å². The van der Waals surface area contributed by atoms with E-state index in [0.29, 0.717) is 11.3 Å².